The first-order valence-corrected chi connectivity index (χ1v) is 6.29. The molecule has 1 aliphatic carbocycles. The van der Waals surface area contributed by atoms with Gasteiger partial charge in [0, 0.05) is 23.2 Å². The third kappa shape index (κ3) is 2.79. The Morgan fingerprint density at radius 2 is 2.24 bits per heavy atom. The van der Waals surface area contributed by atoms with Gasteiger partial charge in [0.05, 0.1) is 0 Å². The zero-order valence-corrected chi connectivity index (χ0v) is 10.8. The summed E-state index contributed by atoms with van der Waals surface area (Å²) in [6, 6.07) is 6.30. The highest BCUT2D eigenvalue weighted by atomic mass is 35.5. The highest BCUT2D eigenvalue weighted by molar-refractivity contribution is 6.31. The van der Waals surface area contributed by atoms with Crippen molar-refractivity contribution in [2.24, 2.45) is 5.73 Å². The summed E-state index contributed by atoms with van der Waals surface area (Å²) in [5.41, 5.74) is 7.22. The first kappa shape index (κ1) is 12.4. The van der Waals surface area contributed by atoms with E-state index in [2.05, 4.69) is 11.9 Å². The van der Waals surface area contributed by atoms with Gasteiger partial charge in [-0.05, 0) is 31.5 Å². The van der Waals surface area contributed by atoms with Crippen LogP contribution in [0.3, 0.4) is 0 Å². The molecular weight excluding hydrogens is 234 g/mol. The third-order valence-corrected chi connectivity index (χ3v) is 3.83. The van der Waals surface area contributed by atoms with Crippen molar-refractivity contribution < 1.29 is 0 Å². The zero-order chi connectivity index (χ0) is 12.4. The van der Waals surface area contributed by atoms with Gasteiger partial charge in [0.2, 0.25) is 0 Å². The quantitative estimate of drug-likeness (QED) is 0.639. The zero-order valence-electron chi connectivity index (χ0n) is 10.0. The standard InChI is InChI=1S/C13H18ClN3/c1-17(11-3-2-4-11)8-10-6-5-9(13(15)16)7-12(10)14/h5-7,11H,2-4,8H2,1H3,(H3,15,16). The summed E-state index contributed by atoms with van der Waals surface area (Å²) in [7, 11) is 2.14. The van der Waals surface area contributed by atoms with Gasteiger partial charge in [0.25, 0.3) is 0 Å². The van der Waals surface area contributed by atoms with Crippen LogP contribution in [0.15, 0.2) is 18.2 Å². The van der Waals surface area contributed by atoms with Gasteiger partial charge in [0.15, 0.2) is 0 Å². The second-order valence-electron chi connectivity index (χ2n) is 4.72. The topological polar surface area (TPSA) is 53.1 Å². The molecule has 3 N–H and O–H groups in total. The molecule has 1 fully saturated rings. The fraction of sp³-hybridized carbons (Fsp3) is 0.462. The van der Waals surface area contributed by atoms with Crippen LogP contribution in [-0.4, -0.2) is 23.8 Å². The number of nitrogen functional groups attached to an aromatic ring is 1. The smallest absolute Gasteiger partial charge is 0.122 e. The molecule has 0 heterocycles. The molecule has 0 radical (unpaired) electrons. The first-order valence-electron chi connectivity index (χ1n) is 5.91. The lowest BCUT2D eigenvalue weighted by Crippen LogP contribution is -2.36. The molecule has 4 heteroatoms. The normalized spacial score (nSPS) is 15.9. The van der Waals surface area contributed by atoms with Gasteiger partial charge in [0.1, 0.15) is 5.84 Å². The molecule has 1 aromatic rings. The van der Waals surface area contributed by atoms with E-state index >= 15 is 0 Å². The summed E-state index contributed by atoms with van der Waals surface area (Å²) < 4.78 is 0. The minimum atomic E-state index is 0.0609. The second kappa shape index (κ2) is 5.07. The van der Waals surface area contributed by atoms with Crippen molar-refractivity contribution in [3.05, 3.63) is 34.3 Å². The van der Waals surface area contributed by atoms with E-state index in [0.29, 0.717) is 16.6 Å². The number of benzene rings is 1. The Morgan fingerprint density at radius 3 is 2.71 bits per heavy atom. The van der Waals surface area contributed by atoms with Gasteiger partial charge in [-0.2, -0.15) is 0 Å². The summed E-state index contributed by atoms with van der Waals surface area (Å²) in [5, 5.41) is 8.06. The van der Waals surface area contributed by atoms with Crippen molar-refractivity contribution in [1.82, 2.24) is 4.90 Å². The molecule has 0 bridgehead atoms. The van der Waals surface area contributed by atoms with Crippen molar-refractivity contribution in [2.45, 2.75) is 31.8 Å². The molecule has 1 aromatic carbocycles. The molecular formula is C13H18ClN3. The lowest BCUT2D eigenvalue weighted by molar-refractivity contribution is 0.152. The Morgan fingerprint density at radius 1 is 1.53 bits per heavy atom. The van der Waals surface area contributed by atoms with Crippen LogP contribution in [0, 0.1) is 5.41 Å². The van der Waals surface area contributed by atoms with Crippen LogP contribution in [0.4, 0.5) is 0 Å². The van der Waals surface area contributed by atoms with Crippen molar-refractivity contribution in [3.8, 4) is 0 Å². The summed E-state index contributed by atoms with van der Waals surface area (Å²) >= 11 is 6.20. The largest absolute Gasteiger partial charge is 0.384 e. The predicted molar refractivity (Wildman–Crippen MR) is 71.6 cm³/mol. The summed E-state index contributed by atoms with van der Waals surface area (Å²) in [5.74, 6) is 0.0609. The second-order valence-corrected chi connectivity index (χ2v) is 5.13. The van der Waals surface area contributed by atoms with E-state index in [1.807, 2.05) is 12.1 Å². The maximum Gasteiger partial charge on any atom is 0.122 e. The van der Waals surface area contributed by atoms with Crippen LogP contribution in [0.2, 0.25) is 5.02 Å². The molecule has 0 aliphatic heterocycles. The summed E-state index contributed by atoms with van der Waals surface area (Å²) in [6.07, 6.45) is 3.92. The number of nitrogens with one attached hydrogen (secondary N) is 1. The van der Waals surface area contributed by atoms with E-state index in [4.69, 9.17) is 22.7 Å². The van der Waals surface area contributed by atoms with E-state index in [0.717, 1.165) is 12.1 Å². The number of hydrogen-bond donors (Lipinski definition) is 2. The van der Waals surface area contributed by atoms with E-state index < -0.39 is 0 Å². The molecule has 3 nitrogen and oxygen atoms in total. The molecule has 0 atom stereocenters. The number of rotatable bonds is 4. The minimum absolute atomic E-state index is 0.0609. The van der Waals surface area contributed by atoms with Gasteiger partial charge in [-0.1, -0.05) is 30.2 Å². The summed E-state index contributed by atoms with van der Waals surface area (Å²) in [6.45, 7) is 0.863. The van der Waals surface area contributed by atoms with Gasteiger partial charge in [-0.3, -0.25) is 10.3 Å². The average molecular weight is 252 g/mol. The van der Waals surface area contributed by atoms with E-state index in [9.17, 15) is 0 Å². The Kier molecular flexibility index (Phi) is 3.69. The van der Waals surface area contributed by atoms with E-state index in [-0.39, 0.29) is 5.84 Å². The first-order chi connectivity index (χ1) is 8.08. The highest BCUT2D eigenvalue weighted by Gasteiger charge is 2.22. The molecule has 92 valence electrons. The predicted octanol–water partition coefficient (Wildman–Crippen LogP) is 2.61. The van der Waals surface area contributed by atoms with Crippen molar-refractivity contribution in [2.75, 3.05) is 7.05 Å². The monoisotopic (exact) mass is 251 g/mol. The van der Waals surface area contributed by atoms with Crippen LogP contribution in [0.5, 0.6) is 0 Å². The van der Waals surface area contributed by atoms with Crippen molar-refractivity contribution in [1.29, 1.82) is 5.41 Å². The maximum atomic E-state index is 7.36. The number of halogens is 1. The fourth-order valence-electron chi connectivity index (χ4n) is 2.07. The van der Waals surface area contributed by atoms with Crippen LogP contribution in [0.1, 0.15) is 30.4 Å². The van der Waals surface area contributed by atoms with Gasteiger partial charge in [-0.15, -0.1) is 0 Å². The molecule has 1 saturated carbocycles. The van der Waals surface area contributed by atoms with Gasteiger partial charge >= 0.3 is 0 Å². The number of hydrogen-bond acceptors (Lipinski definition) is 2. The van der Waals surface area contributed by atoms with Crippen LogP contribution < -0.4 is 5.73 Å². The maximum absolute atomic E-state index is 7.36. The Labute approximate surface area is 107 Å². The van der Waals surface area contributed by atoms with Crippen LogP contribution in [0.25, 0.3) is 0 Å². The lowest BCUT2D eigenvalue weighted by atomic mass is 9.91. The molecule has 17 heavy (non-hydrogen) atoms. The SMILES string of the molecule is CN(Cc1ccc(C(=N)N)cc1Cl)C1CCC1. The highest BCUT2D eigenvalue weighted by Crippen LogP contribution is 2.26. The molecule has 0 aromatic heterocycles. The number of nitrogens with two attached hydrogens (primary N) is 1. The minimum Gasteiger partial charge on any atom is -0.384 e. The van der Waals surface area contributed by atoms with E-state index in [1.54, 1.807) is 6.07 Å². The van der Waals surface area contributed by atoms with Crippen molar-refractivity contribution in [3.63, 3.8) is 0 Å². The number of amidine groups is 1. The fourth-order valence-corrected chi connectivity index (χ4v) is 2.31. The molecule has 0 unspecified atom stereocenters. The van der Waals surface area contributed by atoms with Gasteiger partial charge in [-0.25, -0.2) is 0 Å². The Bertz CT molecular complexity index is 427. The molecule has 0 amide bonds. The van der Waals surface area contributed by atoms with Crippen molar-refractivity contribution >= 4 is 17.4 Å². The Hall–Kier alpha value is -1.06. The molecule has 1 aliphatic rings. The number of nitrogens with zero attached hydrogens (tertiary/aromatic N) is 1. The molecule has 0 spiro atoms. The average Bonchev–Trinajstić information content (AvgIpc) is 2.18. The summed E-state index contributed by atoms with van der Waals surface area (Å²) in [4.78, 5) is 2.35. The van der Waals surface area contributed by atoms with Crippen LogP contribution >= 0.6 is 11.6 Å². The van der Waals surface area contributed by atoms with E-state index in [1.165, 1.54) is 19.3 Å². The molecule has 0 saturated heterocycles. The van der Waals surface area contributed by atoms with Crippen LogP contribution in [-0.2, 0) is 6.54 Å². The van der Waals surface area contributed by atoms with Gasteiger partial charge < -0.3 is 5.73 Å². The third-order valence-electron chi connectivity index (χ3n) is 3.48. The Balaban J connectivity index is 2.07. The lowest BCUT2D eigenvalue weighted by Gasteiger charge is -2.34. The molecule has 2 rings (SSSR count).